The lowest BCUT2D eigenvalue weighted by Crippen LogP contribution is -2.39. The monoisotopic (exact) mass is 467 g/mol. The Labute approximate surface area is 191 Å². The van der Waals surface area contributed by atoms with E-state index in [-0.39, 0.29) is 12.3 Å². The summed E-state index contributed by atoms with van der Waals surface area (Å²) in [4.78, 5) is 24.1. The maximum Gasteiger partial charge on any atom is 0.276 e. The minimum atomic E-state index is -4.52. The molecule has 32 heavy (non-hydrogen) atoms. The van der Waals surface area contributed by atoms with Crippen LogP contribution >= 0.6 is 0 Å². The first kappa shape index (κ1) is 26.3. The number of amides is 2. The molecule has 0 aromatic heterocycles. The van der Waals surface area contributed by atoms with Gasteiger partial charge >= 0.3 is 0 Å². The standard InChI is InChI=1S/C23H37N3O5S/c1-2-3-4-5-6-7-8-9-10-11-12-13-14-21(32(29,30)31)23(28)24-18-15-16-19-20(17-18)25-26-22(19)27/h15-17,19,21H,2-14H2,1H3,(H,24,28)(H,26,27)(H,29,30,31). The summed E-state index contributed by atoms with van der Waals surface area (Å²) in [6.45, 7) is 2.22. The van der Waals surface area contributed by atoms with Gasteiger partial charge in [0.25, 0.3) is 16.0 Å². The molecule has 180 valence electrons. The second-order valence-corrected chi connectivity index (χ2v) is 10.2. The van der Waals surface area contributed by atoms with Gasteiger partial charge in [-0.15, -0.1) is 0 Å². The molecule has 0 spiro atoms. The SMILES string of the molecule is CCCCCCCCCCCCCCC(C(=O)NC1=CC2=NNC(=O)C2C=C1)S(=O)(=O)O. The lowest BCUT2D eigenvalue weighted by Gasteiger charge is -2.16. The molecule has 0 saturated heterocycles. The number of nitrogens with zero attached hydrogens (tertiary/aromatic N) is 1. The number of hydrogen-bond donors (Lipinski definition) is 3. The van der Waals surface area contributed by atoms with Crippen LogP contribution in [0.5, 0.6) is 0 Å². The van der Waals surface area contributed by atoms with Crippen molar-refractivity contribution in [3.8, 4) is 0 Å². The largest absolute Gasteiger partial charge is 0.325 e. The molecule has 0 aromatic carbocycles. The number of hydrazone groups is 1. The summed E-state index contributed by atoms with van der Waals surface area (Å²) in [5.41, 5.74) is 3.15. The van der Waals surface area contributed by atoms with E-state index in [0.29, 0.717) is 17.8 Å². The molecule has 0 bridgehead atoms. The van der Waals surface area contributed by atoms with E-state index in [1.54, 1.807) is 6.08 Å². The number of unbranched alkanes of at least 4 members (excludes halogenated alkanes) is 11. The van der Waals surface area contributed by atoms with Crippen LogP contribution < -0.4 is 10.7 Å². The third kappa shape index (κ3) is 8.86. The lowest BCUT2D eigenvalue weighted by molar-refractivity contribution is -0.121. The van der Waals surface area contributed by atoms with Crippen LogP contribution in [0.3, 0.4) is 0 Å². The van der Waals surface area contributed by atoms with Crippen LogP contribution in [0.15, 0.2) is 29.0 Å². The predicted molar refractivity (Wildman–Crippen MR) is 125 cm³/mol. The van der Waals surface area contributed by atoms with E-state index in [4.69, 9.17) is 0 Å². The number of carbonyl (C=O) groups is 2. The van der Waals surface area contributed by atoms with Gasteiger partial charge in [0.05, 0.1) is 5.71 Å². The zero-order chi connectivity index (χ0) is 23.4. The van der Waals surface area contributed by atoms with Crippen LogP contribution in [-0.2, 0) is 19.7 Å². The van der Waals surface area contributed by atoms with Crippen molar-refractivity contribution in [2.75, 3.05) is 0 Å². The molecule has 0 radical (unpaired) electrons. The van der Waals surface area contributed by atoms with Crippen molar-refractivity contribution >= 4 is 27.6 Å². The Morgan fingerprint density at radius 1 is 1.06 bits per heavy atom. The fourth-order valence-corrected chi connectivity index (χ4v) is 4.79. The highest BCUT2D eigenvalue weighted by Gasteiger charge is 2.32. The van der Waals surface area contributed by atoms with Crippen molar-refractivity contribution in [3.05, 3.63) is 23.9 Å². The van der Waals surface area contributed by atoms with Gasteiger partial charge in [0.15, 0.2) is 5.25 Å². The average molecular weight is 468 g/mol. The van der Waals surface area contributed by atoms with Gasteiger partial charge in [-0.05, 0) is 18.6 Å². The zero-order valence-corrected chi connectivity index (χ0v) is 19.8. The fourth-order valence-electron chi connectivity index (χ4n) is 3.99. The molecule has 0 saturated carbocycles. The van der Waals surface area contributed by atoms with Crippen LogP contribution in [-0.4, -0.2) is 35.7 Å². The first-order valence-corrected chi connectivity index (χ1v) is 13.4. The van der Waals surface area contributed by atoms with Crippen LogP contribution in [0, 0.1) is 5.92 Å². The minimum absolute atomic E-state index is 0.0721. The normalized spacial score (nSPS) is 18.6. The average Bonchev–Trinajstić information content (AvgIpc) is 3.10. The predicted octanol–water partition coefficient (Wildman–Crippen LogP) is 4.01. The van der Waals surface area contributed by atoms with Gasteiger partial charge in [-0.3, -0.25) is 14.1 Å². The topological polar surface area (TPSA) is 125 Å². The van der Waals surface area contributed by atoms with E-state index in [0.717, 1.165) is 19.3 Å². The van der Waals surface area contributed by atoms with Gasteiger partial charge in [-0.2, -0.15) is 13.5 Å². The summed E-state index contributed by atoms with van der Waals surface area (Å²) < 4.78 is 33.0. The number of allylic oxidation sites excluding steroid dienone is 2. The summed E-state index contributed by atoms with van der Waals surface area (Å²) >= 11 is 0. The molecule has 2 rings (SSSR count). The molecule has 2 amide bonds. The Bertz CT molecular complexity index is 833. The maximum absolute atomic E-state index is 12.5. The fraction of sp³-hybridized carbons (Fsp3) is 0.696. The first-order valence-electron chi connectivity index (χ1n) is 11.9. The van der Waals surface area contributed by atoms with Crippen molar-refractivity contribution in [3.63, 3.8) is 0 Å². The Kier molecular flexibility index (Phi) is 11.1. The second kappa shape index (κ2) is 13.5. The second-order valence-electron chi connectivity index (χ2n) is 8.62. The molecule has 9 heteroatoms. The van der Waals surface area contributed by atoms with Crippen LogP contribution in [0.4, 0.5) is 0 Å². The first-order chi connectivity index (χ1) is 15.3. The number of hydrogen-bond acceptors (Lipinski definition) is 5. The molecule has 1 aliphatic carbocycles. The maximum atomic E-state index is 12.5. The van der Waals surface area contributed by atoms with Crippen molar-refractivity contribution in [2.24, 2.45) is 11.0 Å². The molecule has 1 aliphatic heterocycles. The van der Waals surface area contributed by atoms with Crippen LogP contribution in [0.25, 0.3) is 0 Å². The number of fused-ring (bicyclic) bond motifs is 1. The van der Waals surface area contributed by atoms with Crippen molar-refractivity contribution < 1.29 is 22.6 Å². The van der Waals surface area contributed by atoms with Crippen LogP contribution in [0.1, 0.15) is 90.4 Å². The highest BCUT2D eigenvalue weighted by molar-refractivity contribution is 7.87. The smallest absolute Gasteiger partial charge is 0.276 e. The van der Waals surface area contributed by atoms with Crippen molar-refractivity contribution in [2.45, 2.75) is 95.6 Å². The Hall–Kier alpha value is -2.00. The van der Waals surface area contributed by atoms with Crippen LogP contribution in [0.2, 0.25) is 0 Å². The molecule has 2 atom stereocenters. The molecule has 2 unspecified atom stereocenters. The lowest BCUT2D eigenvalue weighted by atomic mass is 9.97. The van der Waals surface area contributed by atoms with Gasteiger partial charge in [-0.1, -0.05) is 90.0 Å². The summed E-state index contributed by atoms with van der Waals surface area (Å²) in [5, 5.41) is 4.89. The number of rotatable bonds is 16. The highest BCUT2D eigenvalue weighted by atomic mass is 32.2. The molecule has 8 nitrogen and oxygen atoms in total. The third-order valence-corrected chi connectivity index (χ3v) is 7.08. The van der Waals surface area contributed by atoms with E-state index >= 15 is 0 Å². The number of carbonyl (C=O) groups excluding carboxylic acids is 2. The molecule has 0 aromatic rings. The van der Waals surface area contributed by atoms with Gasteiger partial charge in [0, 0.05) is 5.70 Å². The molecule has 0 fully saturated rings. The van der Waals surface area contributed by atoms with Gasteiger partial charge in [0.2, 0.25) is 5.91 Å². The van der Waals surface area contributed by atoms with E-state index in [2.05, 4.69) is 22.8 Å². The summed E-state index contributed by atoms with van der Waals surface area (Å²) in [6, 6.07) is 0. The summed E-state index contributed by atoms with van der Waals surface area (Å²) in [5.74, 6) is -1.52. The third-order valence-electron chi connectivity index (χ3n) is 5.91. The molecule has 2 aliphatic rings. The van der Waals surface area contributed by atoms with E-state index in [1.165, 1.54) is 63.5 Å². The molecule has 3 N–H and O–H groups in total. The van der Waals surface area contributed by atoms with Gasteiger partial charge in [0.1, 0.15) is 5.92 Å². The summed E-state index contributed by atoms with van der Waals surface area (Å²) in [7, 11) is -4.52. The van der Waals surface area contributed by atoms with E-state index in [9.17, 15) is 22.6 Å². The zero-order valence-electron chi connectivity index (χ0n) is 19.0. The Morgan fingerprint density at radius 2 is 1.62 bits per heavy atom. The highest BCUT2D eigenvalue weighted by Crippen LogP contribution is 2.19. The molecular weight excluding hydrogens is 430 g/mol. The summed E-state index contributed by atoms with van der Waals surface area (Å²) in [6.07, 6.45) is 18.4. The number of nitrogens with one attached hydrogen (secondary N) is 2. The van der Waals surface area contributed by atoms with Gasteiger partial charge in [-0.25, -0.2) is 5.43 Å². The van der Waals surface area contributed by atoms with E-state index in [1.807, 2.05) is 0 Å². The Balaban J connectivity index is 1.66. The molecular formula is C23H37N3O5S. The molecule has 1 heterocycles. The van der Waals surface area contributed by atoms with Crippen molar-refractivity contribution in [1.82, 2.24) is 10.7 Å². The minimum Gasteiger partial charge on any atom is -0.325 e. The Morgan fingerprint density at radius 3 is 2.19 bits per heavy atom. The van der Waals surface area contributed by atoms with Crippen molar-refractivity contribution in [1.29, 1.82) is 0 Å². The van der Waals surface area contributed by atoms with E-state index < -0.39 is 27.2 Å². The quantitative estimate of drug-likeness (QED) is 0.234. The van der Waals surface area contributed by atoms with Gasteiger partial charge < -0.3 is 5.32 Å².